The molecule has 8 heteroatoms. The van der Waals surface area contributed by atoms with Gasteiger partial charge in [0.05, 0.1) is 16.1 Å². The number of nitrogens with one attached hydrogen (secondary N) is 1. The number of amides is 1. The number of aromatic amines is 1. The largest absolute Gasteiger partial charge is 0.494 e. The van der Waals surface area contributed by atoms with E-state index >= 15 is 0 Å². The first kappa shape index (κ1) is 20.0. The molecule has 0 aliphatic carbocycles. The molecule has 1 aliphatic heterocycles. The Bertz CT molecular complexity index is 1110. The van der Waals surface area contributed by atoms with Crippen molar-refractivity contribution in [2.45, 2.75) is 19.5 Å². The zero-order chi connectivity index (χ0) is 21.3. The Hall–Kier alpha value is -3.26. The van der Waals surface area contributed by atoms with Crippen LogP contribution in [0.4, 0.5) is 5.69 Å². The summed E-state index contributed by atoms with van der Waals surface area (Å²) in [6, 6.07) is 15.2. The van der Waals surface area contributed by atoms with Crippen LogP contribution in [0.5, 0.6) is 11.6 Å². The molecule has 3 aromatic rings. The number of rotatable bonds is 6. The Morgan fingerprint density at radius 2 is 1.87 bits per heavy atom. The molecule has 0 bridgehead atoms. The number of hydrogen-bond donors (Lipinski definition) is 2. The summed E-state index contributed by atoms with van der Waals surface area (Å²) in [5.41, 5.74) is 2.59. The number of benzene rings is 2. The number of aromatic hydroxyl groups is 1. The van der Waals surface area contributed by atoms with Crippen molar-refractivity contribution in [2.24, 2.45) is 0 Å². The maximum Gasteiger partial charge on any atom is 0.307 e. The predicted octanol–water partition coefficient (Wildman–Crippen LogP) is 3.05. The topological polar surface area (TPSA) is 85.9 Å². The summed E-state index contributed by atoms with van der Waals surface area (Å²) in [6.07, 6.45) is 0.265. The minimum atomic E-state index is -0.268. The van der Waals surface area contributed by atoms with Gasteiger partial charge in [0.15, 0.2) is 0 Å². The normalized spacial score (nSPS) is 15.9. The lowest BCUT2D eigenvalue weighted by Crippen LogP contribution is -2.56. The molecule has 7 nitrogen and oxygen atoms in total. The Kier molecular flexibility index (Phi) is 5.50. The van der Waals surface area contributed by atoms with Crippen LogP contribution in [0.3, 0.4) is 0 Å². The van der Waals surface area contributed by atoms with Crippen molar-refractivity contribution in [3.05, 3.63) is 74.2 Å². The van der Waals surface area contributed by atoms with Crippen LogP contribution in [-0.2, 0) is 6.42 Å². The van der Waals surface area contributed by atoms with Gasteiger partial charge in [0.25, 0.3) is 5.91 Å². The summed E-state index contributed by atoms with van der Waals surface area (Å²) < 4.78 is 6.01. The van der Waals surface area contributed by atoms with E-state index in [1.807, 2.05) is 48.5 Å². The molecule has 1 aliphatic rings. The first-order valence-corrected chi connectivity index (χ1v) is 10.5. The van der Waals surface area contributed by atoms with Crippen LogP contribution < -0.4 is 14.5 Å². The molecule has 0 saturated heterocycles. The van der Waals surface area contributed by atoms with Gasteiger partial charge in [0, 0.05) is 20.0 Å². The number of carbonyl (C=O) groups is 1. The van der Waals surface area contributed by atoms with Gasteiger partial charge >= 0.3 is 4.87 Å². The van der Waals surface area contributed by atoms with E-state index in [1.54, 1.807) is 11.9 Å². The molecule has 2 N–H and O–H groups in total. The van der Waals surface area contributed by atoms with Gasteiger partial charge in [-0.1, -0.05) is 35.6 Å². The van der Waals surface area contributed by atoms with E-state index in [0.29, 0.717) is 29.2 Å². The number of likely N-dealkylation sites (N-methyl/N-ethyl adjacent to an activating group) is 2. The standard InChI is InChI=1S/C22H23N3O4S/c1-3-25-17-7-5-4-6-16(17)21(27)24(2)19(25)13-29-15-10-8-14(9-11-15)12-18-20(26)23-22(28)30-18/h4-11,19,26H,3,12-13H2,1-2H3,(H,23,28). The summed E-state index contributed by atoms with van der Waals surface area (Å²) in [6.45, 7) is 3.15. The number of aromatic nitrogens is 1. The highest BCUT2D eigenvalue weighted by atomic mass is 32.1. The second kappa shape index (κ2) is 8.23. The summed E-state index contributed by atoms with van der Waals surface area (Å²) in [7, 11) is 1.80. The molecule has 2 aromatic carbocycles. The second-order valence-corrected chi connectivity index (χ2v) is 8.19. The van der Waals surface area contributed by atoms with E-state index in [0.717, 1.165) is 29.1 Å². The maximum atomic E-state index is 12.7. The molecule has 1 unspecified atom stereocenters. The number of ether oxygens (including phenoxy) is 1. The fourth-order valence-electron chi connectivity index (χ4n) is 3.71. The van der Waals surface area contributed by atoms with Crippen LogP contribution in [0.1, 0.15) is 27.7 Å². The monoisotopic (exact) mass is 425 g/mol. The zero-order valence-electron chi connectivity index (χ0n) is 16.8. The first-order chi connectivity index (χ1) is 14.5. The number of thiazole rings is 1. The van der Waals surface area contributed by atoms with Gasteiger partial charge in [0.2, 0.25) is 5.88 Å². The Morgan fingerprint density at radius 3 is 2.53 bits per heavy atom. The van der Waals surface area contributed by atoms with E-state index < -0.39 is 0 Å². The smallest absolute Gasteiger partial charge is 0.307 e. The number of H-pyrrole nitrogens is 1. The van der Waals surface area contributed by atoms with Gasteiger partial charge in [-0.3, -0.25) is 14.6 Å². The van der Waals surface area contributed by atoms with Crippen LogP contribution in [0, 0.1) is 0 Å². The average molecular weight is 426 g/mol. The summed E-state index contributed by atoms with van der Waals surface area (Å²) in [5.74, 6) is 0.612. The lowest BCUT2D eigenvalue weighted by atomic mass is 10.1. The van der Waals surface area contributed by atoms with Gasteiger partial charge in [-0.25, -0.2) is 0 Å². The molecule has 0 spiro atoms. The van der Waals surface area contributed by atoms with Gasteiger partial charge in [-0.2, -0.15) is 0 Å². The van der Waals surface area contributed by atoms with Crippen LogP contribution in [-0.4, -0.2) is 47.3 Å². The van der Waals surface area contributed by atoms with Gasteiger partial charge in [0.1, 0.15) is 18.5 Å². The van der Waals surface area contributed by atoms with Crippen molar-refractivity contribution in [2.75, 3.05) is 25.1 Å². The minimum Gasteiger partial charge on any atom is -0.494 e. The molecular formula is C22H23N3O4S. The number of para-hydroxylation sites is 1. The third-order valence-corrected chi connectivity index (χ3v) is 6.17. The number of carbonyl (C=O) groups excluding carboxylic acids is 1. The quantitative estimate of drug-likeness (QED) is 0.634. The van der Waals surface area contributed by atoms with Crippen molar-refractivity contribution in [3.8, 4) is 11.6 Å². The van der Waals surface area contributed by atoms with Crippen LogP contribution >= 0.6 is 11.3 Å². The number of nitrogens with zero attached hydrogens (tertiary/aromatic N) is 2. The van der Waals surface area contributed by atoms with E-state index in [9.17, 15) is 14.7 Å². The summed E-state index contributed by atoms with van der Waals surface area (Å²) >= 11 is 1.00. The van der Waals surface area contributed by atoms with Gasteiger partial charge < -0.3 is 19.6 Å². The molecule has 30 heavy (non-hydrogen) atoms. The SMILES string of the molecule is CCN1c2ccccc2C(=O)N(C)C1COc1ccc(Cc2sc(=O)[nH]c2O)cc1. The second-order valence-electron chi connectivity index (χ2n) is 7.12. The molecule has 0 saturated carbocycles. The van der Waals surface area contributed by atoms with Crippen molar-refractivity contribution in [1.29, 1.82) is 0 Å². The van der Waals surface area contributed by atoms with Gasteiger partial charge in [-0.15, -0.1) is 0 Å². The van der Waals surface area contributed by atoms with E-state index in [1.165, 1.54) is 0 Å². The van der Waals surface area contributed by atoms with E-state index in [2.05, 4.69) is 16.8 Å². The van der Waals surface area contributed by atoms with Crippen LogP contribution in [0.15, 0.2) is 53.3 Å². The Morgan fingerprint density at radius 1 is 1.13 bits per heavy atom. The molecule has 156 valence electrons. The molecule has 0 fully saturated rings. The molecule has 1 aromatic heterocycles. The molecule has 1 atom stereocenters. The van der Waals surface area contributed by atoms with Crippen molar-refractivity contribution >= 4 is 22.9 Å². The maximum absolute atomic E-state index is 12.7. The molecule has 1 amide bonds. The fourth-order valence-corrected chi connectivity index (χ4v) is 4.47. The van der Waals surface area contributed by atoms with Crippen molar-refractivity contribution in [1.82, 2.24) is 9.88 Å². The van der Waals surface area contributed by atoms with Gasteiger partial charge in [-0.05, 0) is 36.8 Å². The molecular weight excluding hydrogens is 402 g/mol. The number of fused-ring (bicyclic) bond motifs is 1. The lowest BCUT2D eigenvalue weighted by molar-refractivity contribution is 0.0648. The summed E-state index contributed by atoms with van der Waals surface area (Å²) in [5, 5.41) is 9.73. The predicted molar refractivity (Wildman–Crippen MR) is 117 cm³/mol. The summed E-state index contributed by atoms with van der Waals surface area (Å²) in [4.78, 5) is 30.7. The minimum absolute atomic E-state index is 0.00968. The lowest BCUT2D eigenvalue weighted by Gasteiger charge is -2.43. The average Bonchev–Trinajstić information content (AvgIpc) is 3.07. The van der Waals surface area contributed by atoms with Crippen LogP contribution in [0.2, 0.25) is 0 Å². The number of anilines is 1. The van der Waals surface area contributed by atoms with Crippen molar-refractivity contribution in [3.63, 3.8) is 0 Å². The third-order valence-electron chi connectivity index (χ3n) is 5.30. The van der Waals surface area contributed by atoms with Crippen LogP contribution in [0.25, 0.3) is 0 Å². The Labute approximate surface area is 178 Å². The fraction of sp³-hybridized carbons (Fsp3) is 0.273. The van der Waals surface area contributed by atoms with E-state index in [4.69, 9.17) is 4.74 Å². The van der Waals surface area contributed by atoms with Crippen molar-refractivity contribution < 1.29 is 14.6 Å². The molecule has 4 rings (SSSR count). The third kappa shape index (κ3) is 3.78. The molecule has 0 radical (unpaired) electrons. The highest BCUT2D eigenvalue weighted by molar-refractivity contribution is 7.09. The highest BCUT2D eigenvalue weighted by Crippen LogP contribution is 2.30. The highest BCUT2D eigenvalue weighted by Gasteiger charge is 2.34. The van der Waals surface area contributed by atoms with E-state index in [-0.39, 0.29) is 22.8 Å². The first-order valence-electron chi connectivity index (χ1n) is 9.73. The Balaban J connectivity index is 1.45. The number of hydrogen-bond acceptors (Lipinski definition) is 6. The zero-order valence-corrected chi connectivity index (χ0v) is 17.6. The molecule has 2 heterocycles.